The highest BCUT2D eigenvalue weighted by atomic mass is 16.5. The molecule has 1 saturated heterocycles. The number of nitrogens with one attached hydrogen (secondary N) is 2. The molecule has 8 nitrogen and oxygen atoms in total. The largest absolute Gasteiger partial charge is 0.494 e. The molecule has 3 N–H and O–H groups in total. The van der Waals surface area contributed by atoms with Crippen LogP contribution in [0.2, 0.25) is 0 Å². The number of carbonyl (C=O) groups excluding carboxylic acids is 2. The summed E-state index contributed by atoms with van der Waals surface area (Å²) in [5.74, 6) is 0.963. The van der Waals surface area contributed by atoms with Crippen LogP contribution in [0, 0.1) is 0 Å². The summed E-state index contributed by atoms with van der Waals surface area (Å²) in [5.41, 5.74) is 2.03. The molecule has 3 aromatic carbocycles. The van der Waals surface area contributed by atoms with Gasteiger partial charge in [0.25, 0.3) is 11.8 Å². The Bertz CT molecular complexity index is 1270. The van der Waals surface area contributed by atoms with Gasteiger partial charge in [0.05, 0.1) is 25.9 Å². The van der Waals surface area contributed by atoms with E-state index in [2.05, 4.69) is 10.6 Å². The minimum Gasteiger partial charge on any atom is -0.494 e. The van der Waals surface area contributed by atoms with Gasteiger partial charge in [-0.3, -0.25) is 9.59 Å². The Hall–Kier alpha value is -3.88. The van der Waals surface area contributed by atoms with Gasteiger partial charge >= 0.3 is 0 Å². The van der Waals surface area contributed by atoms with Crippen LogP contribution in [-0.2, 0) is 22.5 Å². The van der Waals surface area contributed by atoms with Gasteiger partial charge in [0.2, 0.25) is 0 Å². The molecule has 1 aliphatic rings. The predicted octanol–water partition coefficient (Wildman–Crippen LogP) is 4.75. The summed E-state index contributed by atoms with van der Waals surface area (Å²) in [5, 5.41) is 16.0. The first-order valence-electron chi connectivity index (χ1n) is 14.3. The normalized spacial score (nSPS) is 17.0. The van der Waals surface area contributed by atoms with Crippen LogP contribution in [0.15, 0.2) is 72.8 Å². The molecule has 8 heteroatoms. The third kappa shape index (κ3) is 7.86. The molecule has 0 saturated carbocycles. The number of aliphatic hydroxyl groups is 1. The van der Waals surface area contributed by atoms with Gasteiger partial charge in [0, 0.05) is 30.7 Å². The number of hydrogen-bond donors (Lipinski definition) is 3. The highest BCUT2D eigenvalue weighted by Gasteiger charge is 2.43. The van der Waals surface area contributed by atoms with Crippen LogP contribution < -0.4 is 20.1 Å². The SMILES string of the molecule is CCCOc1ccc(C(=O)NCc2cc(C[C@]3(C(=O)N[C@@H](CO)c4ccccc4)CCCO3)ccc2OCC)cc1. The van der Waals surface area contributed by atoms with E-state index in [1.165, 1.54) is 0 Å². The minimum absolute atomic E-state index is 0.203. The second-order valence-corrected chi connectivity index (χ2v) is 10.2. The van der Waals surface area contributed by atoms with E-state index in [9.17, 15) is 14.7 Å². The van der Waals surface area contributed by atoms with Crippen molar-refractivity contribution >= 4 is 11.8 Å². The molecule has 2 atom stereocenters. The highest BCUT2D eigenvalue weighted by Crippen LogP contribution is 2.32. The van der Waals surface area contributed by atoms with Gasteiger partial charge in [0.1, 0.15) is 11.5 Å². The van der Waals surface area contributed by atoms with Crippen molar-refractivity contribution in [3.8, 4) is 11.5 Å². The predicted molar refractivity (Wildman–Crippen MR) is 157 cm³/mol. The highest BCUT2D eigenvalue weighted by molar-refractivity contribution is 5.94. The van der Waals surface area contributed by atoms with Crippen LogP contribution in [0.1, 0.15) is 66.2 Å². The lowest BCUT2D eigenvalue weighted by atomic mass is 9.89. The zero-order valence-electron chi connectivity index (χ0n) is 23.9. The number of amides is 2. The van der Waals surface area contributed by atoms with Crippen molar-refractivity contribution in [3.05, 3.63) is 95.1 Å². The fourth-order valence-corrected chi connectivity index (χ4v) is 5.01. The number of aliphatic hydroxyl groups excluding tert-OH is 1. The minimum atomic E-state index is -1.04. The Morgan fingerprint density at radius 3 is 2.46 bits per heavy atom. The molecule has 1 aliphatic heterocycles. The first-order chi connectivity index (χ1) is 20.0. The van der Waals surface area contributed by atoms with Crippen molar-refractivity contribution in [2.45, 2.75) is 57.7 Å². The monoisotopic (exact) mass is 560 g/mol. The van der Waals surface area contributed by atoms with Gasteiger partial charge < -0.3 is 30.0 Å². The quantitative estimate of drug-likeness (QED) is 0.263. The maximum Gasteiger partial charge on any atom is 0.253 e. The molecule has 218 valence electrons. The third-order valence-electron chi connectivity index (χ3n) is 7.15. The molecule has 0 bridgehead atoms. The maximum atomic E-state index is 13.6. The molecular weight excluding hydrogens is 520 g/mol. The van der Waals surface area contributed by atoms with E-state index in [-0.39, 0.29) is 25.0 Å². The van der Waals surface area contributed by atoms with Gasteiger partial charge in [-0.15, -0.1) is 0 Å². The van der Waals surface area contributed by atoms with Crippen LogP contribution in [0.3, 0.4) is 0 Å². The Labute approximate surface area is 242 Å². The third-order valence-corrected chi connectivity index (χ3v) is 7.15. The van der Waals surface area contributed by atoms with Gasteiger partial charge in [-0.1, -0.05) is 49.4 Å². The maximum absolute atomic E-state index is 13.6. The molecule has 0 aliphatic carbocycles. The molecule has 0 spiro atoms. The van der Waals surface area contributed by atoms with E-state index >= 15 is 0 Å². The Kier molecular flexibility index (Phi) is 10.8. The molecule has 4 rings (SSSR count). The van der Waals surface area contributed by atoms with Crippen molar-refractivity contribution in [2.75, 3.05) is 26.4 Å². The number of carbonyl (C=O) groups is 2. The van der Waals surface area contributed by atoms with E-state index in [4.69, 9.17) is 14.2 Å². The van der Waals surface area contributed by atoms with Gasteiger partial charge in [-0.25, -0.2) is 0 Å². The van der Waals surface area contributed by atoms with Crippen molar-refractivity contribution in [3.63, 3.8) is 0 Å². The lowest BCUT2D eigenvalue weighted by Crippen LogP contribution is -2.49. The summed E-state index contributed by atoms with van der Waals surface area (Å²) in [6.45, 7) is 5.60. The molecule has 1 fully saturated rings. The second-order valence-electron chi connectivity index (χ2n) is 10.2. The van der Waals surface area contributed by atoms with Crippen molar-refractivity contribution in [2.24, 2.45) is 0 Å². The molecular formula is C33H40N2O6. The summed E-state index contributed by atoms with van der Waals surface area (Å²) in [6, 6.07) is 21.7. The number of rotatable bonds is 14. The van der Waals surface area contributed by atoms with Gasteiger partial charge in [0.15, 0.2) is 5.60 Å². The van der Waals surface area contributed by atoms with Gasteiger partial charge in [-0.2, -0.15) is 0 Å². The molecule has 0 aromatic heterocycles. The van der Waals surface area contributed by atoms with E-state index in [1.54, 1.807) is 24.3 Å². The number of benzene rings is 3. The van der Waals surface area contributed by atoms with E-state index in [0.29, 0.717) is 44.0 Å². The first kappa shape index (κ1) is 30.1. The average Bonchev–Trinajstić information content (AvgIpc) is 3.49. The lowest BCUT2D eigenvalue weighted by molar-refractivity contribution is -0.142. The Morgan fingerprint density at radius 2 is 1.80 bits per heavy atom. The fraction of sp³-hybridized carbons (Fsp3) is 0.394. The zero-order valence-corrected chi connectivity index (χ0v) is 23.9. The Balaban J connectivity index is 1.47. The Morgan fingerprint density at radius 1 is 1.02 bits per heavy atom. The summed E-state index contributed by atoms with van der Waals surface area (Å²) in [6.07, 6.45) is 2.62. The topological polar surface area (TPSA) is 106 Å². The molecule has 1 heterocycles. The van der Waals surface area contributed by atoms with E-state index in [1.807, 2.05) is 62.4 Å². The van der Waals surface area contributed by atoms with Crippen LogP contribution >= 0.6 is 0 Å². The molecule has 3 aromatic rings. The van der Waals surface area contributed by atoms with Crippen molar-refractivity contribution in [1.82, 2.24) is 10.6 Å². The summed E-state index contributed by atoms with van der Waals surface area (Å²) >= 11 is 0. The van der Waals surface area contributed by atoms with E-state index < -0.39 is 11.6 Å². The zero-order chi connectivity index (χ0) is 29.1. The number of ether oxygens (including phenoxy) is 3. The lowest BCUT2D eigenvalue weighted by Gasteiger charge is -2.30. The van der Waals surface area contributed by atoms with Gasteiger partial charge in [-0.05, 0) is 67.6 Å². The van der Waals surface area contributed by atoms with Crippen molar-refractivity contribution < 1.29 is 28.9 Å². The second kappa shape index (κ2) is 14.7. The smallest absolute Gasteiger partial charge is 0.253 e. The molecule has 0 unspecified atom stereocenters. The van der Waals surface area contributed by atoms with Crippen LogP contribution in [0.4, 0.5) is 0 Å². The summed E-state index contributed by atoms with van der Waals surface area (Å²) in [7, 11) is 0. The van der Waals surface area contributed by atoms with Crippen LogP contribution in [0.25, 0.3) is 0 Å². The molecule has 2 amide bonds. The van der Waals surface area contributed by atoms with Crippen LogP contribution in [-0.4, -0.2) is 48.9 Å². The molecule has 0 radical (unpaired) electrons. The molecule has 41 heavy (non-hydrogen) atoms. The van der Waals surface area contributed by atoms with Crippen molar-refractivity contribution in [1.29, 1.82) is 0 Å². The summed E-state index contributed by atoms with van der Waals surface area (Å²) < 4.78 is 17.5. The van der Waals surface area contributed by atoms with E-state index in [0.717, 1.165) is 35.3 Å². The fourth-order valence-electron chi connectivity index (χ4n) is 5.01. The number of hydrogen-bond acceptors (Lipinski definition) is 6. The average molecular weight is 561 g/mol. The summed E-state index contributed by atoms with van der Waals surface area (Å²) in [4.78, 5) is 26.5. The van der Waals surface area contributed by atoms with Crippen LogP contribution in [0.5, 0.6) is 11.5 Å². The first-order valence-corrected chi connectivity index (χ1v) is 14.3. The standard InChI is InChI=1S/C33H40N2O6/c1-3-18-40-28-14-12-26(13-15-28)31(37)34-22-27-20-24(11-16-30(27)39-4-2)21-33(17-8-19-41-33)32(38)35-29(23-36)25-9-6-5-7-10-25/h5-7,9-16,20,29,36H,3-4,8,17-19,21-23H2,1-2H3,(H,34,37)(H,35,38)/t29-,33-/m0/s1.